The van der Waals surface area contributed by atoms with Gasteiger partial charge < -0.3 is 5.32 Å². The molecule has 1 aromatic carbocycles. The van der Waals surface area contributed by atoms with E-state index in [9.17, 15) is 0 Å². The Hall–Kier alpha value is -2.46. The van der Waals surface area contributed by atoms with Gasteiger partial charge in [-0.2, -0.15) is 0 Å². The van der Waals surface area contributed by atoms with E-state index in [1.165, 1.54) is 22.3 Å². The lowest BCUT2D eigenvalue weighted by Crippen LogP contribution is -2.39. The molecule has 0 radical (unpaired) electrons. The first-order chi connectivity index (χ1) is 13.9. The van der Waals surface area contributed by atoms with Crippen molar-refractivity contribution >= 4 is 17.5 Å². The highest BCUT2D eigenvalue weighted by Crippen LogP contribution is 2.34. The van der Waals surface area contributed by atoms with Gasteiger partial charge >= 0.3 is 0 Å². The highest BCUT2D eigenvalue weighted by Gasteiger charge is 2.26. The predicted molar refractivity (Wildman–Crippen MR) is 126 cm³/mol. The van der Waals surface area contributed by atoms with Gasteiger partial charge in [-0.3, -0.25) is 14.9 Å². The van der Waals surface area contributed by atoms with E-state index in [1.807, 2.05) is 6.21 Å². The molecule has 0 amide bonds. The van der Waals surface area contributed by atoms with E-state index in [0.29, 0.717) is 6.54 Å². The number of fused-ring (bicyclic) bond motifs is 1. The van der Waals surface area contributed by atoms with Crippen molar-refractivity contribution in [3.8, 4) is 0 Å². The SMILES string of the molecule is C=C(N[C@H]1CCc2cc(C(=C)CC)ccc21)C1=NCC=NC(CC)=CC1N(C)C. The predicted octanol–water partition coefficient (Wildman–Crippen LogP) is 4.95. The van der Waals surface area contributed by atoms with E-state index in [2.05, 4.69) is 80.6 Å². The van der Waals surface area contributed by atoms with E-state index in [0.717, 1.165) is 42.8 Å². The summed E-state index contributed by atoms with van der Waals surface area (Å²) < 4.78 is 0. The third kappa shape index (κ3) is 4.76. The molecular formula is C25H34N4. The summed E-state index contributed by atoms with van der Waals surface area (Å²) in [6.07, 6.45) is 8.15. The summed E-state index contributed by atoms with van der Waals surface area (Å²) in [7, 11) is 4.16. The van der Waals surface area contributed by atoms with Crippen LogP contribution in [0.3, 0.4) is 0 Å². The number of benzene rings is 1. The number of aryl methyl sites for hydroxylation is 1. The number of rotatable bonds is 7. The van der Waals surface area contributed by atoms with Gasteiger partial charge in [0, 0.05) is 11.9 Å². The molecule has 154 valence electrons. The molecule has 1 heterocycles. The summed E-state index contributed by atoms with van der Waals surface area (Å²) in [6, 6.07) is 7.12. The summed E-state index contributed by atoms with van der Waals surface area (Å²) in [6.45, 7) is 13.4. The quantitative estimate of drug-likeness (QED) is 0.715. The molecule has 0 aromatic heterocycles. The van der Waals surface area contributed by atoms with Gasteiger partial charge in [-0.25, -0.2) is 0 Å². The van der Waals surface area contributed by atoms with Crippen LogP contribution in [0.2, 0.25) is 0 Å². The molecule has 0 bridgehead atoms. The standard InChI is InChI=1S/C25H34N4/c1-7-17(3)19-9-11-22-20(15-19)10-12-23(22)28-18(4)25-24(29(5)6)16-21(8-2)26-13-14-27-25/h9,11,13,15-16,23-24,28H,3-4,7-8,10,12,14H2,1-2,5-6H3/t23-,24?/m0/s1. The molecule has 1 aliphatic carbocycles. The van der Waals surface area contributed by atoms with Gasteiger partial charge in [0.2, 0.25) is 0 Å². The summed E-state index contributed by atoms with van der Waals surface area (Å²) >= 11 is 0. The van der Waals surface area contributed by atoms with Crippen molar-refractivity contribution < 1.29 is 0 Å². The van der Waals surface area contributed by atoms with Crippen LogP contribution < -0.4 is 5.32 Å². The molecule has 3 rings (SSSR count). The van der Waals surface area contributed by atoms with E-state index in [-0.39, 0.29) is 12.1 Å². The van der Waals surface area contributed by atoms with Crippen LogP contribution in [0.15, 0.2) is 58.8 Å². The molecule has 4 nitrogen and oxygen atoms in total. The number of hydrogen-bond donors (Lipinski definition) is 1. The minimum Gasteiger partial charge on any atom is -0.377 e. The molecule has 2 atom stereocenters. The van der Waals surface area contributed by atoms with E-state index < -0.39 is 0 Å². The lowest BCUT2D eigenvalue weighted by atomic mass is 9.99. The number of likely N-dealkylation sites (N-methyl/N-ethyl adjacent to an activating group) is 1. The summed E-state index contributed by atoms with van der Waals surface area (Å²) in [5, 5.41) is 3.69. The minimum atomic E-state index is 0.0681. The summed E-state index contributed by atoms with van der Waals surface area (Å²) in [5.74, 6) is 0. The van der Waals surface area contributed by atoms with Crippen LogP contribution in [0.1, 0.15) is 55.8 Å². The molecule has 0 fully saturated rings. The second-order valence-corrected chi connectivity index (χ2v) is 8.04. The molecule has 1 N–H and O–H groups in total. The smallest absolute Gasteiger partial charge is 0.0789 e. The third-order valence-corrected chi connectivity index (χ3v) is 5.86. The molecule has 2 aliphatic rings. The van der Waals surface area contributed by atoms with Crippen LogP contribution in [0.4, 0.5) is 0 Å². The lowest BCUT2D eigenvalue weighted by molar-refractivity contribution is 0.404. The van der Waals surface area contributed by atoms with E-state index in [1.54, 1.807) is 0 Å². The molecule has 1 aromatic rings. The summed E-state index contributed by atoms with van der Waals surface area (Å²) in [5.41, 5.74) is 8.26. The van der Waals surface area contributed by atoms with Crippen molar-refractivity contribution in [1.82, 2.24) is 10.2 Å². The first-order valence-electron chi connectivity index (χ1n) is 10.6. The van der Waals surface area contributed by atoms with E-state index >= 15 is 0 Å². The highest BCUT2D eigenvalue weighted by molar-refractivity contribution is 6.05. The van der Waals surface area contributed by atoms with E-state index in [4.69, 9.17) is 4.99 Å². The Balaban J connectivity index is 1.81. The van der Waals surface area contributed by atoms with Gasteiger partial charge in [0.25, 0.3) is 0 Å². The maximum Gasteiger partial charge on any atom is 0.0789 e. The van der Waals surface area contributed by atoms with Gasteiger partial charge in [-0.15, -0.1) is 0 Å². The molecule has 0 saturated carbocycles. The van der Waals surface area contributed by atoms with Crippen LogP contribution in [0.5, 0.6) is 0 Å². The normalized spacial score (nSPS) is 21.1. The Morgan fingerprint density at radius 2 is 2.03 bits per heavy atom. The average molecular weight is 391 g/mol. The molecular weight excluding hydrogens is 356 g/mol. The number of nitrogens with zero attached hydrogens (tertiary/aromatic N) is 3. The molecule has 1 aliphatic heterocycles. The zero-order chi connectivity index (χ0) is 21.0. The van der Waals surface area contributed by atoms with Crippen molar-refractivity contribution in [3.63, 3.8) is 0 Å². The van der Waals surface area contributed by atoms with Gasteiger partial charge in [0.1, 0.15) is 0 Å². The number of hydrogen-bond acceptors (Lipinski definition) is 4. The van der Waals surface area contributed by atoms with Crippen molar-refractivity contribution in [2.45, 2.75) is 51.6 Å². The number of allylic oxidation sites excluding steroid dienone is 2. The molecule has 0 spiro atoms. The monoisotopic (exact) mass is 390 g/mol. The van der Waals surface area contributed by atoms with Crippen LogP contribution >= 0.6 is 0 Å². The van der Waals surface area contributed by atoms with Crippen molar-refractivity contribution in [2.24, 2.45) is 9.98 Å². The van der Waals surface area contributed by atoms with Crippen LogP contribution in [0, 0.1) is 0 Å². The Labute approximate surface area is 175 Å². The van der Waals surface area contributed by atoms with Crippen molar-refractivity contribution in [1.29, 1.82) is 0 Å². The van der Waals surface area contributed by atoms with Crippen LogP contribution in [0.25, 0.3) is 5.57 Å². The Morgan fingerprint density at radius 1 is 1.24 bits per heavy atom. The number of nitrogens with one attached hydrogen (secondary N) is 1. The largest absolute Gasteiger partial charge is 0.377 e. The van der Waals surface area contributed by atoms with Gasteiger partial charge in [0.05, 0.1) is 30.0 Å². The fourth-order valence-electron chi connectivity index (χ4n) is 4.05. The fourth-order valence-corrected chi connectivity index (χ4v) is 4.05. The lowest BCUT2D eigenvalue weighted by Gasteiger charge is -2.28. The van der Waals surface area contributed by atoms with Gasteiger partial charge in [-0.05, 0) is 68.1 Å². The zero-order valence-electron chi connectivity index (χ0n) is 18.3. The Bertz CT molecular complexity index is 873. The van der Waals surface area contributed by atoms with Crippen LogP contribution in [-0.4, -0.2) is 43.5 Å². The zero-order valence-corrected chi connectivity index (χ0v) is 18.3. The van der Waals surface area contributed by atoms with Gasteiger partial charge in [0.15, 0.2) is 0 Å². The average Bonchev–Trinajstić information content (AvgIpc) is 3.09. The minimum absolute atomic E-state index is 0.0681. The van der Waals surface area contributed by atoms with Crippen molar-refractivity contribution in [3.05, 3.63) is 65.5 Å². The van der Waals surface area contributed by atoms with Crippen LogP contribution in [-0.2, 0) is 6.42 Å². The topological polar surface area (TPSA) is 40.0 Å². The highest BCUT2D eigenvalue weighted by atomic mass is 15.1. The maximum absolute atomic E-state index is 4.81. The Kier molecular flexibility index (Phi) is 6.86. The first-order valence-corrected chi connectivity index (χ1v) is 10.6. The maximum atomic E-state index is 4.81. The molecule has 0 saturated heterocycles. The molecule has 1 unspecified atom stereocenters. The second kappa shape index (κ2) is 9.36. The molecule has 29 heavy (non-hydrogen) atoms. The third-order valence-electron chi connectivity index (χ3n) is 5.86. The second-order valence-electron chi connectivity index (χ2n) is 8.04. The number of aliphatic imine (C=N–C) groups is 2. The van der Waals surface area contributed by atoms with Crippen molar-refractivity contribution in [2.75, 3.05) is 20.6 Å². The summed E-state index contributed by atoms with van der Waals surface area (Å²) in [4.78, 5) is 11.5. The van der Waals surface area contributed by atoms with Gasteiger partial charge in [-0.1, -0.05) is 45.2 Å². The fraction of sp³-hybridized carbons (Fsp3) is 0.440. The Morgan fingerprint density at radius 3 is 2.72 bits per heavy atom. The first kappa shape index (κ1) is 21.3. The molecule has 4 heteroatoms.